The zero-order valence-electron chi connectivity index (χ0n) is 11.9. The van der Waals surface area contributed by atoms with Gasteiger partial charge in [0, 0.05) is 25.5 Å². The van der Waals surface area contributed by atoms with E-state index in [1.807, 2.05) is 11.6 Å². The van der Waals surface area contributed by atoms with Crippen LogP contribution in [0.1, 0.15) is 18.5 Å². The second-order valence-corrected chi connectivity index (χ2v) is 8.16. The summed E-state index contributed by atoms with van der Waals surface area (Å²) in [5.74, 6) is 0.690. The monoisotopic (exact) mass is 333 g/mol. The van der Waals surface area contributed by atoms with Crippen LogP contribution in [0.4, 0.5) is 4.79 Å². The molecule has 0 bridgehead atoms. The highest BCUT2D eigenvalue weighted by Gasteiger charge is 2.23. The second-order valence-electron chi connectivity index (χ2n) is 5.42. The number of nitrogens with one attached hydrogen (secondary N) is 2. The summed E-state index contributed by atoms with van der Waals surface area (Å²) in [4.78, 5) is 11.7. The van der Waals surface area contributed by atoms with Crippen LogP contribution < -0.4 is 10.6 Å². The van der Waals surface area contributed by atoms with Crippen molar-refractivity contribution < 1.29 is 13.2 Å². The predicted octanol–water partition coefficient (Wildman–Crippen LogP) is 1.30. The fourth-order valence-electron chi connectivity index (χ4n) is 2.36. The highest BCUT2D eigenvalue weighted by molar-refractivity contribution is 7.91. The normalized spacial score (nSPS) is 18.4. The van der Waals surface area contributed by atoms with E-state index in [-0.39, 0.29) is 23.5 Å². The number of rotatable bonds is 4. The van der Waals surface area contributed by atoms with Gasteiger partial charge in [-0.15, -0.1) is 0 Å². The Morgan fingerprint density at radius 2 is 2.05 bits per heavy atom. The largest absolute Gasteiger partial charge is 0.351 e. The van der Waals surface area contributed by atoms with Gasteiger partial charge in [0.2, 0.25) is 0 Å². The molecule has 1 saturated heterocycles. The minimum absolute atomic E-state index is 0.225. The molecule has 2 heterocycles. The fraction of sp³-hybridized carbons (Fsp3) is 0.615. The molecule has 1 aromatic heterocycles. The van der Waals surface area contributed by atoms with E-state index in [1.54, 1.807) is 12.3 Å². The Bertz CT molecular complexity index is 598. The van der Waals surface area contributed by atoms with Gasteiger partial charge in [0.1, 0.15) is 9.84 Å². The molecule has 1 fully saturated rings. The molecule has 118 valence electrons. The van der Waals surface area contributed by atoms with Crippen LogP contribution in [0, 0.1) is 5.92 Å². The van der Waals surface area contributed by atoms with Gasteiger partial charge in [0.15, 0.2) is 0 Å². The third kappa shape index (κ3) is 4.93. The lowest BCUT2D eigenvalue weighted by molar-refractivity contribution is 0.237. The van der Waals surface area contributed by atoms with Crippen LogP contribution in [0.25, 0.3) is 0 Å². The van der Waals surface area contributed by atoms with Crippen molar-refractivity contribution in [1.82, 2.24) is 15.2 Å². The number of carbonyl (C=O) groups is 1. The molecular formula is C13H20ClN3O3S. The number of aryl methyl sites for hydroxylation is 1. The standard InChI is InChI=1S/C13H20ClN3O3S/c1-17-9-11(14)6-12(17)8-16-13(18)15-7-10-2-4-21(19,20)5-3-10/h6,9-10H,2-5,7-8H2,1H3,(H2,15,16,18). The van der Waals surface area contributed by atoms with Crippen molar-refractivity contribution in [2.45, 2.75) is 19.4 Å². The van der Waals surface area contributed by atoms with Gasteiger partial charge >= 0.3 is 6.03 Å². The summed E-state index contributed by atoms with van der Waals surface area (Å²) in [5.41, 5.74) is 0.916. The lowest BCUT2D eigenvalue weighted by atomic mass is 10.0. The molecule has 0 aromatic carbocycles. The summed E-state index contributed by atoms with van der Waals surface area (Å²) in [6.07, 6.45) is 3.02. The van der Waals surface area contributed by atoms with E-state index in [0.29, 0.717) is 31.0 Å². The molecule has 2 N–H and O–H groups in total. The minimum Gasteiger partial charge on any atom is -0.351 e. The van der Waals surface area contributed by atoms with Crippen LogP contribution in [0.3, 0.4) is 0 Å². The summed E-state index contributed by atoms with van der Waals surface area (Å²) in [6, 6.07) is 1.55. The number of hydrogen-bond donors (Lipinski definition) is 2. The van der Waals surface area contributed by atoms with E-state index < -0.39 is 9.84 Å². The molecule has 0 aliphatic carbocycles. The molecular weight excluding hydrogens is 314 g/mol. The van der Waals surface area contributed by atoms with Gasteiger partial charge in [-0.25, -0.2) is 13.2 Å². The van der Waals surface area contributed by atoms with Crippen LogP contribution >= 0.6 is 11.6 Å². The van der Waals surface area contributed by atoms with Crippen molar-refractivity contribution in [1.29, 1.82) is 0 Å². The average molecular weight is 334 g/mol. The SMILES string of the molecule is Cn1cc(Cl)cc1CNC(=O)NCC1CCS(=O)(=O)CC1. The van der Waals surface area contributed by atoms with E-state index in [4.69, 9.17) is 11.6 Å². The quantitative estimate of drug-likeness (QED) is 0.871. The Labute approximate surface area is 129 Å². The van der Waals surface area contributed by atoms with Crippen molar-refractivity contribution in [2.75, 3.05) is 18.1 Å². The smallest absolute Gasteiger partial charge is 0.315 e. The van der Waals surface area contributed by atoms with E-state index >= 15 is 0 Å². The molecule has 21 heavy (non-hydrogen) atoms. The molecule has 0 saturated carbocycles. The molecule has 1 aliphatic heterocycles. The van der Waals surface area contributed by atoms with Crippen molar-refractivity contribution in [2.24, 2.45) is 13.0 Å². The summed E-state index contributed by atoms with van der Waals surface area (Å²) in [5, 5.41) is 6.19. The number of halogens is 1. The van der Waals surface area contributed by atoms with Gasteiger partial charge < -0.3 is 15.2 Å². The Balaban J connectivity index is 1.70. The van der Waals surface area contributed by atoms with Gasteiger partial charge in [0.25, 0.3) is 0 Å². The Morgan fingerprint density at radius 3 is 2.62 bits per heavy atom. The van der Waals surface area contributed by atoms with Crippen molar-refractivity contribution in [3.05, 3.63) is 23.0 Å². The molecule has 0 spiro atoms. The third-order valence-corrected chi connectivity index (χ3v) is 5.65. The molecule has 2 rings (SSSR count). The second kappa shape index (κ2) is 6.70. The first-order valence-corrected chi connectivity index (χ1v) is 9.08. The maximum absolute atomic E-state index is 11.7. The molecule has 6 nitrogen and oxygen atoms in total. The van der Waals surface area contributed by atoms with Gasteiger partial charge in [-0.2, -0.15) is 0 Å². The molecule has 0 radical (unpaired) electrons. The Hall–Kier alpha value is -1.21. The number of urea groups is 1. The maximum Gasteiger partial charge on any atom is 0.315 e. The number of carbonyl (C=O) groups excluding carboxylic acids is 1. The van der Waals surface area contributed by atoms with Crippen molar-refractivity contribution in [3.8, 4) is 0 Å². The minimum atomic E-state index is -2.85. The molecule has 0 atom stereocenters. The number of nitrogens with zero attached hydrogens (tertiary/aromatic N) is 1. The fourth-order valence-corrected chi connectivity index (χ4v) is 4.22. The average Bonchev–Trinajstić information content (AvgIpc) is 2.73. The highest BCUT2D eigenvalue weighted by atomic mass is 35.5. The zero-order valence-corrected chi connectivity index (χ0v) is 13.5. The summed E-state index contributed by atoms with van der Waals surface area (Å²) in [6.45, 7) is 0.906. The summed E-state index contributed by atoms with van der Waals surface area (Å²) >= 11 is 5.87. The van der Waals surface area contributed by atoms with E-state index in [0.717, 1.165) is 5.69 Å². The number of aromatic nitrogens is 1. The zero-order chi connectivity index (χ0) is 15.5. The topological polar surface area (TPSA) is 80.2 Å². The lowest BCUT2D eigenvalue weighted by Gasteiger charge is -2.22. The van der Waals surface area contributed by atoms with Gasteiger partial charge in [-0.3, -0.25) is 0 Å². The molecule has 8 heteroatoms. The summed E-state index contributed by atoms with van der Waals surface area (Å²) in [7, 11) is -0.982. The van der Waals surface area contributed by atoms with E-state index in [9.17, 15) is 13.2 Å². The van der Waals surface area contributed by atoms with E-state index in [1.165, 1.54) is 0 Å². The number of hydrogen-bond acceptors (Lipinski definition) is 3. The van der Waals surface area contributed by atoms with Crippen LogP contribution in [0.2, 0.25) is 5.02 Å². The highest BCUT2D eigenvalue weighted by Crippen LogP contribution is 2.17. The van der Waals surface area contributed by atoms with Crippen LogP contribution in [0.5, 0.6) is 0 Å². The molecule has 2 amide bonds. The maximum atomic E-state index is 11.7. The van der Waals surface area contributed by atoms with Crippen molar-refractivity contribution in [3.63, 3.8) is 0 Å². The number of sulfone groups is 1. The van der Waals surface area contributed by atoms with E-state index in [2.05, 4.69) is 10.6 Å². The van der Waals surface area contributed by atoms with Crippen molar-refractivity contribution >= 4 is 27.5 Å². The third-order valence-electron chi connectivity index (χ3n) is 3.73. The summed E-state index contributed by atoms with van der Waals surface area (Å²) < 4.78 is 24.5. The van der Waals surface area contributed by atoms with Gasteiger partial charge in [-0.1, -0.05) is 11.6 Å². The first kappa shape index (κ1) is 16.2. The predicted molar refractivity (Wildman–Crippen MR) is 82.0 cm³/mol. The lowest BCUT2D eigenvalue weighted by Crippen LogP contribution is -2.39. The molecule has 0 unspecified atom stereocenters. The molecule has 1 aliphatic rings. The van der Waals surface area contributed by atoms with Crippen LogP contribution in [-0.4, -0.2) is 37.1 Å². The van der Waals surface area contributed by atoms with Gasteiger partial charge in [0.05, 0.1) is 23.1 Å². The Kier molecular flexibility index (Phi) is 5.16. The Morgan fingerprint density at radius 1 is 1.38 bits per heavy atom. The number of amides is 2. The first-order chi connectivity index (χ1) is 9.85. The first-order valence-electron chi connectivity index (χ1n) is 6.88. The van der Waals surface area contributed by atoms with Crippen LogP contribution in [0.15, 0.2) is 12.3 Å². The molecule has 1 aromatic rings. The van der Waals surface area contributed by atoms with Gasteiger partial charge in [-0.05, 0) is 24.8 Å². The van der Waals surface area contributed by atoms with Crippen LogP contribution in [-0.2, 0) is 23.4 Å².